The Labute approximate surface area is 108 Å². The van der Waals surface area contributed by atoms with Crippen molar-refractivity contribution in [2.75, 3.05) is 7.11 Å². The predicted octanol–water partition coefficient (Wildman–Crippen LogP) is 2.91. The molecule has 0 aliphatic heterocycles. The summed E-state index contributed by atoms with van der Waals surface area (Å²) in [6, 6.07) is 10.2. The van der Waals surface area contributed by atoms with E-state index in [0.717, 1.165) is 29.3 Å². The Kier molecular flexibility index (Phi) is 3.53. The zero-order valence-corrected chi connectivity index (χ0v) is 11.2. The summed E-state index contributed by atoms with van der Waals surface area (Å²) in [5.74, 6) is 0.706. The van der Waals surface area contributed by atoms with Gasteiger partial charge in [0.2, 0.25) is 5.88 Å². The normalized spacial score (nSPS) is 11.8. The smallest absolute Gasteiger partial charge is 0.216 e. The lowest BCUT2D eigenvalue weighted by Gasteiger charge is -2.18. The maximum absolute atomic E-state index is 6.03. The number of pyridine rings is 1. The van der Waals surface area contributed by atoms with E-state index in [2.05, 4.69) is 17.1 Å². The molecule has 0 aliphatic carbocycles. The van der Waals surface area contributed by atoms with Crippen molar-refractivity contribution in [1.29, 1.82) is 0 Å². The molecule has 1 heterocycles. The Morgan fingerprint density at radius 2 is 2.00 bits per heavy atom. The first-order valence-electron chi connectivity index (χ1n) is 6.21. The van der Waals surface area contributed by atoms with E-state index in [1.54, 1.807) is 7.11 Å². The third-order valence-electron chi connectivity index (χ3n) is 3.00. The molecule has 0 saturated carbocycles. The van der Waals surface area contributed by atoms with Crippen molar-refractivity contribution in [3.63, 3.8) is 0 Å². The van der Waals surface area contributed by atoms with Crippen molar-refractivity contribution in [2.24, 2.45) is 5.73 Å². The van der Waals surface area contributed by atoms with Gasteiger partial charge in [-0.3, -0.25) is 0 Å². The molecule has 18 heavy (non-hydrogen) atoms. The van der Waals surface area contributed by atoms with Gasteiger partial charge in [0.1, 0.15) is 0 Å². The molecule has 2 rings (SSSR count). The molecule has 3 heteroatoms. The summed E-state index contributed by atoms with van der Waals surface area (Å²) in [6.45, 7) is 4.07. The van der Waals surface area contributed by atoms with Crippen LogP contribution in [0, 0.1) is 0 Å². The molecule has 3 nitrogen and oxygen atoms in total. The molecule has 0 aliphatic rings. The number of rotatable bonds is 4. The molecular formula is C15H20N2O. The molecule has 0 radical (unpaired) electrons. The van der Waals surface area contributed by atoms with E-state index >= 15 is 0 Å². The highest BCUT2D eigenvalue weighted by molar-refractivity contribution is 5.80. The number of para-hydroxylation sites is 1. The first kappa shape index (κ1) is 12.8. The molecule has 2 N–H and O–H groups in total. The van der Waals surface area contributed by atoms with Crippen LogP contribution in [0.1, 0.15) is 25.8 Å². The van der Waals surface area contributed by atoms with Crippen molar-refractivity contribution >= 4 is 10.9 Å². The van der Waals surface area contributed by atoms with Gasteiger partial charge in [-0.2, -0.15) is 0 Å². The van der Waals surface area contributed by atoms with Crippen molar-refractivity contribution in [3.8, 4) is 5.88 Å². The Bertz CT molecular complexity index is 544. The third kappa shape index (κ3) is 2.99. The summed E-state index contributed by atoms with van der Waals surface area (Å²) < 4.78 is 5.37. The zero-order valence-electron chi connectivity index (χ0n) is 11.2. The number of methoxy groups -OCH3 is 1. The van der Waals surface area contributed by atoms with E-state index in [4.69, 9.17) is 10.5 Å². The molecule has 0 fully saturated rings. The highest BCUT2D eigenvalue weighted by Gasteiger charge is 2.14. The van der Waals surface area contributed by atoms with Gasteiger partial charge in [0.15, 0.2) is 0 Å². The second kappa shape index (κ2) is 4.94. The Morgan fingerprint density at radius 1 is 1.28 bits per heavy atom. The van der Waals surface area contributed by atoms with Gasteiger partial charge >= 0.3 is 0 Å². The van der Waals surface area contributed by atoms with Gasteiger partial charge in [-0.05, 0) is 38.8 Å². The highest BCUT2D eigenvalue weighted by Crippen LogP contribution is 2.24. The van der Waals surface area contributed by atoms with Crippen LogP contribution in [0.5, 0.6) is 5.88 Å². The van der Waals surface area contributed by atoms with Gasteiger partial charge in [0, 0.05) is 16.5 Å². The van der Waals surface area contributed by atoms with Gasteiger partial charge in [-0.1, -0.05) is 18.2 Å². The predicted molar refractivity (Wildman–Crippen MR) is 74.9 cm³/mol. The van der Waals surface area contributed by atoms with Crippen LogP contribution in [0.15, 0.2) is 30.3 Å². The Hall–Kier alpha value is -1.61. The number of ether oxygens (including phenoxy) is 1. The Morgan fingerprint density at radius 3 is 2.67 bits per heavy atom. The van der Waals surface area contributed by atoms with E-state index in [1.165, 1.54) is 0 Å². The van der Waals surface area contributed by atoms with Gasteiger partial charge in [0.05, 0.1) is 12.6 Å². The molecule has 0 bridgehead atoms. The largest absolute Gasteiger partial charge is 0.481 e. The molecule has 0 spiro atoms. The average Bonchev–Trinajstić information content (AvgIpc) is 2.34. The summed E-state index contributed by atoms with van der Waals surface area (Å²) in [6.07, 6.45) is 1.79. The molecule has 0 atom stereocenters. The van der Waals surface area contributed by atoms with Crippen LogP contribution >= 0.6 is 0 Å². The minimum atomic E-state index is -0.170. The number of nitrogens with zero attached hydrogens (tertiary/aromatic N) is 1. The van der Waals surface area contributed by atoms with Gasteiger partial charge in [0.25, 0.3) is 0 Å². The fourth-order valence-electron chi connectivity index (χ4n) is 1.95. The topological polar surface area (TPSA) is 48.1 Å². The maximum atomic E-state index is 6.03. The van der Waals surface area contributed by atoms with Crippen LogP contribution in [0.3, 0.4) is 0 Å². The molecular weight excluding hydrogens is 224 g/mol. The van der Waals surface area contributed by atoms with Gasteiger partial charge in [-0.15, -0.1) is 0 Å². The average molecular weight is 244 g/mol. The van der Waals surface area contributed by atoms with Crippen LogP contribution < -0.4 is 10.5 Å². The summed E-state index contributed by atoms with van der Waals surface area (Å²) in [7, 11) is 1.66. The summed E-state index contributed by atoms with van der Waals surface area (Å²) in [4.78, 5) is 4.53. The fraction of sp³-hybridized carbons (Fsp3) is 0.400. The molecule has 0 amide bonds. The SMILES string of the molecule is COc1nc2ccccc2cc1CCC(C)(C)N. The van der Waals surface area contributed by atoms with Gasteiger partial charge in [-0.25, -0.2) is 4.98 Å². The van der Waals surface area contributed by atoms with Crippen LogP contribution in [0.25, 0.3) is 10.9 Å². The van der Waals surface area contributed by atoms with E-state index in [-0.39, 0.29) is 5.54 Å². The molecule has 96 valence electrons. The summed E-state index contributed by atoms with van der Waals surface area (Å²) in [5.41, 5.74) is 7.94. The monoisotopic (exact) mass is 244 g/mol. The number of hydrogen-bond donors (Lipinski definition) is 1. The lowest BCUT2D eigenvalue weighted by atomic mass is 9.96. The number of aromatic nitrogens is 1. The maximum Gasteiger partial charge on any atom is 0.216 e. The quantitative estimate of drug-likeness (QED) is 0.899. The number of hydrogen-bond acceptors (Lipinski definition) is 3. The first-order valence-corrected chi connectivity index (χ1v) is 6.21. The molecule has 0 unspecified atom stereocenters. The first-order chi connectivity index (χ1) is 8.49. The number of benzene rings is 1. The van der Waals surface area contributed by atoms with Crippen LogP contribution in [0.2, 0.25) is 0 Å². The summed E-state index contributed by atoms with van der Waals surface area (Å²) >= 11 is 0. The molecule has 2 aromatic rings. The molecule has 1 aromatic heterocycles. The van der Waals surface area contributed by atoms with E-state index < -0.39 is 0 Å². The molecule has 0 saturated heterocycles. The van der Waals surface area contributed by atoms with E-state index in [0.29, 0.717) is 5.88 Å². The summed E-state index contributed by atoms with van der Waals surface area (Å²) in [5, 5.41) is 1.14. The minimum absolute atomic E-state index is 0.170. The van der Waals surface area contributed by atoms with Crippen molar-refractivity contribution in [1.82, 2.24) is 4.98 Å². The van der Waals surface area contributed by atoms with Crippen molar-refractivity contribution in [3.05, 3.63) is 35.9 Å². The second-order valence-corrected chi connectivity index (χ2v) is 5.34. The van der Waals surface area contributed by atoms with Crippen LogP contribution in [-0.4, -0.2) is 17.6 Å². The van der Waals surface area contributed by atoms with Crippen molar-refractivity contribution in [2.45, 2.75) is 32.2 Å². The Balaban J connectivity index is 2.36. The number of nitrogens with two attached hydrogens (primary N) is 1. The minimum Gasteiger partial charge on any atom is -0.481 e. The van der Waals surface area contributed by atoms with E-state index in [1.807, 2.05) is 32.0 Å². The fourth-order valence-corrected chi connectivity index (χ4v) is 1.95. The molecule has 1 aromatic carbocycles. The van der Waals surface area contributed by atoms with E-state index in [9.17, 15) is 0 Å². The highest BCUT2D eigenvalue weighted by atomic mass is 16.5. The number of aryl methyl sites for hydroxylation is 1. The van der Waals surface area contributed by atoms with Crippen molar-refractivity contribution < 1.29 is 4.74 Å². The lowest BCUT2D eigenvalue weighted by molar-refractivity contribution is 0.390. The number of fused-ring (bicyclic) bond motifs is 1. The van der Waals surface area contributed by atoms with Crippen LogP contribution in [0.4, 0.5) is 0 Å². The van der Waals surface area contributed by atoms with Gasteiger partial charge < -0.3 is 10.5 Å². The lowest BCUT2D eigenvalue weighted by Crippen LogP contribution is -2.32. The zero-order chi connectivity index (χ0) is 13.2. The standard InChI is InChI=1S/C15H20N2O/c1-15(2,16)9-8-12-10-11-6-4-5-7-13(11)17-14(12)18-3/h4-7,10H,8-9,16H2,1-3H3. The second-order valence-electron chi connectivity index (χ2n) is 5.34. The van der Waals surface area contributed by atoms with Crippen LogP contribution in [-0.2, 0) is 6.42 Å². The third-order valence-corrected chi connectivity index (χ3v) is 3.00.